The SMILES string of the molecule is CCN1c2cc(C)c(/C=C3/SC(=Nc4ccccc4)N(CC4CCCO4)C3=O)cc2C(C)=CC1(C)C. The number of benzene rings is 2. The summed E-state index contributed by atoms with van der Waals surface area (Å²) >= 11 is 1.46. The van der Waals surface area contributed by atoms with E-state index in [0.29, 0.717) is 11.4 Å². The lowest BCUT2D eigenvalue weighted by Gasteiger charge is -2.43. The number of amidine groups is 1. The standard InChI is InChI=1S/C30H35N3O2S/c1-6-33-26-15-20(2)22(16-25(26)21(3)18-30(33,4)5)17-27-28(34)32(19-24-13-10-14-35-24)29(36-27)31-23-11-8-7-9-12-23/h7-9,11-12,15-18,24H,6,10,13-14,19H2,1-5H3/b27-17+,31-29?. The van der Waals surface area contributed by atoms with Crippen LogP contribution in [0.1, 0.15) is 57.2 Å². The number of ether oxygens (including phenoxy) is 1. The van der Waals surface area contributed by atoms with Gasteiger partial charge in [0.1, 0.15) is 0 Å². The quantitative estimate of drug-likeness (QED) is 0.423. The molecule has 3 aliphatic heterocycles. The Morgan fingerprint density at radius 3 is 2.67 bits per heavy atom. The number of carbonyl (C=O) groups excluding carboxylic acids is 1. The van der Waals surface area contributed by atoms with Crippen molar-refractivity contribution < 1.29 is 9.53 Å². The molecule has 0 aromatic heterocycles. The van der Waals surface area contributed by atoms with Crippen molar-refractivity contribution in [3.8, 4) is 0 Å². The molecule has 188 valence electrons. The van der Waals surface area contributed by atoms with Crippen LogP contribution in [0.3, 0.4) is 0 Å². The maximum Gasteiger partial charge on any atom is 0.266 e. The molecule has 3 aliphatic rings. The molecular formula is C30H35N3O2S. The van der Waals surface area contributed by atoms with E-state index >= 15 is 0 Å². The summed E-state index contributed by atoms with van der Waals surface area (Å²) in [5, 5.41) is 0.721. The third-order valence-corrected chi connectivity index (χ3v) is 8.25. The van der Waals surface area contributed by atoms with Gasteiger partial charge in [0.2, 0.25) is 0 Å². The summed E-state index contributed by atoms with van der Waals surface area (Å²) in [6.45, 7) is 13.3. The number of carbonyl (C=O) groups is 1. The lowest BCUT2D eigenvalue weighted by Crippen LogP contribution is -2.44. The largest absolute Gasteiger partial charge is 0.376 e. The molecule has 0 aliphatic carbocycles. The third kappa shape index (κ3) is 4.76. The average molecular weight is 502 g/mol. The molecule has 3 heterocycles. The molecule has 2 fully saturated rings. The van der Waals surface area contributed by atoms with Crippen LogP contribution in [0, 0.1) is 6.92 Å². The van der Waals surface area contributed by atoms with Gasteiger partial charge in [-0.15, -0.1) is 0 Å². The van der Waals surface area contributed by atoms with Gasteiger partial charge in [0.05, 0.1) is 28.8 Å². The smallest absolute Gasteiger partial charge is 0.266 e. The van der Waals surface area contributed by atoms with Crippen molar-refractivity contribution in [2.24, 2.45) is 4.99 Å². The fourth-order valence-corrected chi connectivity index (χ4v) is 6.48. The Bertz CT molecular complexity index is 1260. The number of thioether (sulfide) groups is 1. The first-order valence-electron chi connectivity index (χ1n) is 12.9. The molecule has 0 N–H and O–H groups in total. The molecule has 2 aromatic rings. The zero-order valence-electron chi connectivity index (χ0n) is 21.9. The number of anilines is 1. The highest BCUT2D eigenvalue weighted by atomic mass is 32.2. The molecule has 0 radical (unpaired) electrons. The van der Waals surface area contributed by atoms with Crippen molar-refractivity contribution in [2.45, 2.75) is 59.1 Å². The van der Waals surface area contributed by atoms with Crippen molar-refractivity contribution in [1.29, 1.82) is 0 Å². The first kappa shape index (κ1) is 24.8. The van der Waals surface area contributed by atoms with Gasteiger partial charge >= 0.3 is 0 Å². The molecule has 2 saturated heterocycles. The molecule has 2 aromatic carbocycles. The number of likely N-dealkylation sites (N-methyl/N-ethyl adjacent to an activating group) is 1. The lowest BCUT2D eigenvalue weighted by molar-refractivity contribution is -0.123. The fraction of sp³-hybridized carbons (Fsp3) is 0.400. The molecule has 5 nitrogen and oxygen atoms in total. The van der Waals surface area contributed by atoms with E-state index in [1.54, 1.807) is 4.90 Å². The van der Waals surface area contributed by atoms with E-state index in [1.807, 2.05) is 36.4 Å². The molecule has 1 amide bonds. The van der Waals surface area contributed by atoms with Crippen LogP contribution in [0.5, 0.6) is 0 Å². The number of aryl methyl sites for hydroxylation is 1. The zero-order chi connectivity index (χ0) is 25.4. The van der Waals surface area contributed by atoms with Crippen molar-refractivity contribution in [3.05, 3.63) is 70.1 Å². The minimum Gasteiger partial charge on any atom is -0.376 e. The third-order valence-electron chi connectivity index (χ3n) is 7.25. The van der Waals surface area contributed by atoms with Crippen LogP contribution < -0.4 is 4.90 Å². The highest BCUT2D eigenvalue weighted by Gasteiger charge is 2.36. The van der Waals surface area contributed by atoms with Crippen LogP contribution in [0.2, 0.25) is 0 Å². The van der Waals surface area contributed by atoms with E-state index in [1.165, 1.54) is 28.6 Å². The summed E-state index contributed by atoms with van der Waals surface area (Å²) in [5.41, 5.74) is 6.83. The first-order valence-corrected chi connectivity index (χ1v) is 13.7. The van der Waals surface area contributed by atoms with Gasteiger partial charge < -0.3 is 9.64 Å². The van der Waals surface area contributed by atoms with E-state index in [9.17, 15) is 4.79 Å². The van der Waals surface area contributed by atoms with Crippen molar-refractivity contribution in [2.75, 3.05) is 24.6 Å². The topological polar surface area (TPSA) is 45.1 Å². The second-order valence-corrected chi connectivity index (χ2v) is 11.4. The van der Waals surface area contributed by atoms with Gasteiger partial charge in [0.25, 0.3) is 5.91 Å². The Balaban J connectivity index is 1.52. The predicted molar refractivity (Wildman–Crippen MR) is 152 cm³/mol. The summed E-state index contributed by atoms with van der Waals surface area (Å²) in [4.78, 5) is 23.4. The second kappa shape index (κ2) is 9.91. The van der Waals surface area contributed by atoms with E-state index in [0.717, 1.165) is 48.0 Å². The van der Waals surface area contributed by atoms with E-state index in [-0.39, 0.29) is 17.6 Å². The van der Waals surface area contributed by atoms with Crippen LogP contribution in [0.4, 0.5) is 11.4 Å². The predicted octanol–water partition coefficient (Wildman–Crippen LogP) is 6.80. The maximum absolute atomic E-state index is 13.6. The zero-order valence-corrected chi connectivity index (χ0v) is 22.7. The molecule has 5 rings (SSSR count). The van der Waals surface area contributed by atoms with Crippen molar-refractivity contribution in [1.82, 2.24) is 4.90 Å². The molecule has 0 spiro atoms. The van der Waals surface area contributed by atoms with Gasteiger partial charge in [0.15, 0.2) is 5.17 Å². The van der Waals surface area contributed by atoms with Crippen molar-refractivity contribution >= 4 is 45.9 Å². The number of fused-ring (bicyclic) bond motifs is 1. The number of rotatable bonds is 5. The number of para-hydroxylation sites is 1. The van der Waals surface area contributed by atoms with E-state index in [4.69, 9.17) is 9.73 Å². The van der Waals surface area contributed by atoms with Gasteiger partial charge in [0, 0.05) is 24.4 Å². The van der Waals surface area contributed by atoms with E-state index < -0.39 is 0 Å². The molecule has 0 bridgehead atoms. The van der Waals surface area contributed by atoms with Gasteiger partial charge in [-0.2, -0.15) is 0 Å². The molecule has 1 unspecified atom stereocenters. The first-order chi connectivity index (χ1) is 17.3. The van der Waals surface area contributed by atoms with Gasteiger partial charge in [-0.3, -0.25) is 9.69 Å². The van der Waals surface area contributed by atoms with Gasteiger partial charge in [-0.1, -0.05) is 24.3 Å². The minimum absolute atomic E-state index is 0.00545. The van der Waals surface area contributed by atoms with E-state index in [2.05, 4.69) is 57.7 Å². The number of amides is 1. The number of nitrogens with zero attached hydrogens (tertiary/aromatic N) is 3. The number of aliphatic imine (C=N–C) groups is 1. The van der Waals surface area contributed by atoms with Crippen LogP contribution in [-0.2, 0) is 9.53 Å². The Hall–Kier alpha value is -2.83. The Morgan fingerprint density at radius 1 is 1.19 bits per heavy atom. The van der Waals surface area contributed by atoms with Gasteiger partial charge in [-0.05, 0) is 106 Å². The fourth-order valence-electron chi connectivity index (χ4n) is 5.48. The Morgan fingerprint density at radius 2 is 1.97 bits per heavy atom. The summed E-state index contributed by atoms with van der Waals surface area (Å²) in [6, 6.07) is 14.4. The molecule has 36 heavy (non-hydrogen) atoms. The lowest BCUT2D eigenvalue weighted by atomic mass is 9.87. The monoisotopic (exact) mass is 501 g/mol. The van der Waals surface area contributed by atoms with Gasteiger partial charge in [-0.25, -0.2) is 4.99 Å². The second-order valence-electron chi connectivity index (χ2n) is 10.3. The van der Waals surface area contributed by atoms with Crippen LogP contribution >= 0.6 is 11.8 Å². The number of hydrogen-bond acceptors (Lipinski definition) is 5. The summed E-state index contributed by atoms with van der Waals surface area (Å²) in [5.74, 6) is 0.00545. The maximum atomic E-state index is 13.6. The Labute approximate surface area is 218 Å². The average Bonchev–Trinajstić information content (AvgIpc) is 3.45. The number of hydrogen-bond donors (Lipinski definition) is 0. The van der Waals surface area contributed by atoms with Crippen LogP contribution in [0.15, 0.2) is 58.4 Å². The minimum atomic E-state index is -0.0266. The highest BCUT2D eigenvalue weighted by Crippen LogP contribution is 2.41. The van der Waals surface area contributed by atoms with Crippen LogP contribution in [-0.4, -0.2) is 47.3 Å². The molecular weight excluding hydrogens is 466 g/mol. The van der Waals surface area contributed by atoms with Crippen LogP contribution in [0.25, 0.3) is 11.6 Å². The Kier molecular flexibility index (Phi) is 6.84. The number of allylic oxidation sites excluding steroid dienone is 1. The molecule has 6 heteroatoms. The molecule has 1 atom stereocenters. The highest BCUT2D eigenvalue weighted by molar-refractivity contribution is 8.18. The summed E-state index contributed by atoms with van der Waals surface area (Å²) in [6.07, 6.45) is 6.47. The normalized spacial score (nSPS) is 23.5. The van der Waals surface area contributed by atoms with Crippen molar-refractivity contribution in [3.63, 3.8) is 0 Å². The summed E-state index contributed by atoms with van der Waals surface area (Å²) in [7, 11) is 0. The summed E-state index contributed by atoms with van der Waals surface area (Å²) < 4.78 is 5.86. The molecule has 0 saturated carbocycles.